The van der Waals surface area contributed by atoms with E-state index in [1.165, 1.54) is 35.1 Å². The highest BCUT2D eigenvalue weighted by Gasteiger charge is 2.20. The third kappa shape index (κ3) is 8.29. The van der Waals surface area contributed by atoms with E-state index in [-0.39, 0.29) is 5.41 Å². The second-order valence-electron chi connectivity index (χ2n) is 12.0. The van der Waals surface area contributed by atoms with E-state index in [1.807, 2.05) is 36.4 Å². The number of carbonyl (C=O) groups excluding carboxylic acids is 2. The molecular formula is C37H42O4. The van der Waals surface area contributed by atoms with E-state index in [0.29, 0.717) is 22.7 Å². The van der Waals surface area contributed by atoms with Gasteiger partial charge in [-0.3, -0.25) is 0 Å². The van der Waals surface area contributed by atoms with Crippen molar-refractivity contribution in [2.24, 2.45) is 5.41 Å². The minimum atomic E-state index is -0.398. The number of allylic oxidation sites excluding steroid dienone is 5. The van der Waals surface area contributed by atoms with Crippen LogP contribution >= 0.6 is 0 Å². The van der Waals surface area contributed by atoms with Gasteiger partial charge in [0.15, 0.2) is 0 Å². The zero-order chi connectivity index (χ0) is 29.6. The molecule has 0 amide bonds. The van der Waals surface area contributed by atoms with Crippen molar-refractivity contribution in [1.82, 2.24) is 0 Å². The fraction of sp³-hybridized carbons (Fsp3) is 0.351. The Bertz CT molecular complexity index is 1430. The number of hydrogen-bond donors (Lipinski definition) is 0. The van der Waals surface area contributed by atoms with Crippen LogP contribution in [0.3, 0.4) is 0 Å². The van der Waals surface area contributed by atoms with Crippen LogP contribution in [0, 0.1) is 5.41 Å². The van der Waals surface area contributed by atoms with Crippen molar-refractivity contribution in [2.75, 3.05) is 0 Å². The molecule has 4 rings (SSSR count). The summed E-state index contributed by atoms with van der Waals surface area (Å²) in [4.78, 5) is 23.8. The van der Waals surface area contributed by atoms with Gasteiger partial charge in [0.1, 0.15) is 11.5 Å². The Hall–Kier alpha value is -3.92. The van der Waals surface area contributed by atoms with E-state index in [9.17, 15) is 9.59 Å². The van der Waals surface area contributed by atoms with Gasteiger partial charge >= 0.3 is 11.9 Å². The molecular weight excluding hydrogens is 508 g/mol. The number of esters is 2. The molecule has 2 aliphatic carbocycles. The van der Waals surface area contributed by atoms with E-state index in [1.54, 1.807) is 25.0 Å². The fourth-order valence-electron chi connectivity index (χ4n) is 5.55. The lowest BCUT2D eigenvalue weighted by Crippen LogP contribution is -2.11. The van der Waals surface area contributed by atoms with E-state index >= 15 is 0 Å². The zero-order valence-corrected chi connectivity index (χ0v) is 25.0. The lowest BCUT2D eigenvalue weighted by Gasteiger charge is -2.23. The van der Waals surface area contributed by atoms with Crippen LogP contribution in [-0.2, 0) is 46.4 Å². The fourth-order valence-corrected chi connectivity index (χ4v) is 5.55. The van der Waals surface area contributed by atoms with Gasteiger partial charge in [-0.25, -0.2) is 9.59 Å². The summed E-state index contributed by atoms with van der Waals surface area (Å²) in [6.07, 6.45) is 16.9. The zero-order valence-electron chi connectivity index (χ0n) is 25.0. The maximum Gasteiger partial charge on any atom is 0.338 e. The SMILES string of the molecule is C=C(C)C(=O)OC1=CC(C)(C)C=C(CCc2ccc(CCc3ccc(OC(=O)C(=C)C)cc3)c3c2CCCC3)C=C1. The first-order valence-electron chi connectivity index (χ1n) is 14.6. The minimum absolute atomic E-state index is 0.225. The highest BCUT2D eigenvalue weighted by atomic mass is 16.5. The topological polar surface area (TPSA) is 52.6 Å². The third-order valence-corrected chi connectivity index (χ3v) is 7.67. The second-order valence-corrected chi connectivity index (χ2v) is 12.0. The summed E-state index contributed by atoms with van der Waals surface area (Å²) in [6, 6.07) is 12.5. The summed E-state index contributed by atoms with van der Waals surface area (Å²) in [5.74, 6) is 0.321. The molecule has 0 atom stereocenters. The van der Waals surface area contributed by atoms with E-state index < -0.39 is 11.9 Å². The number of fused-ring (bicyclic) bond motifs is 1. The first-order chi connectivity index (χ1) is 19.5. The van der Waals surface area contributed by atoms with Gasteiger partial charge in [0.25, 0.3) is 0 Å². The van der Waals surface area contributed by atoms with Crippen molar-refractivity contribution >= 4 is 11.9 Å². The van der Waals surface area contributed by atoms with Crippen LogP contribution in [0.5, 0.6) is 5.75 Å². The normalized spacial score (nSPS) is 15.6. The molecule has 4 nitrogen and oxygen atoms in total. The predicted molar refractivity (Wildman–Crippen MR) is 166 cm³/mol. The van der Waals surface area contributed by atoms with Crippen LogP contribution in [0.1, 0.15) is 74.8 Å². The molecule has 0 saturated carbocycles. The van der Waals surface area contributed by atoms with Gasteiger partial charge in [0, 0.05) is 16.6 Å². The number of ether oxygens (including phenoxy) is 2. The molecule has 0 spiro atoms. The van der Waals surface area contributed by atoms with Crippen molar-refractivity contribution in [3.8, 4) is 5.75 Å². The van der Waals surface area contributed by atoms with Crippen LogP contribution in [0.4, 0.5) is 0 Å². The third-order valence-electron chi connectivity index (χ3n) is 7.67. The molecule has 41 heavy (non-hydrogen) atoms. The number of rotatable bonds is 10. The Kier molecular flexibility index (Phi) is 9.65. The molecule has 2 aromatic rings. The first-order valence-corrected chi connectivity index (χ1v) is 14.6. The molecule has 0 aromatic heterocycles. The van der Waals surface area contributed by atoms with Crippen LogP contribution in [-0.4, -0.2) is 11.9 Å². The highest BCUT2D eigenvalue weighted by Crippen LogP contribution is 2.32. The quantitative estimate of drug-likeness (QED) is 0.170. The van der Waals surface area contributed by atoms with Gasteiger partial charge in [0.2, 0.25) is 0 Å². The molecule has 0 unspecified atom stereocenters. The molecule has 0 radical (unpaired) electrons. The molecule has 2 aromatic carbocycles. The average molecular weight is 551 g/mol. The van der Waals surface area contributed by atoms with Crippen LogP contribution in [0.25, 0.3) is 0 Å². The Morgan fingerprint density at radius 1 is 0.732 bits per heavy atom. The van der Waals surface area contributed by atoms with E-state index in [2.05, 4.69) is 51.3 Å². The van der Waals surface area contributed by atoms with Crippen molar-refractivity contribution in [2.45, 2.75) is 79.1 Å². The van der Waals surface area contributed by atoms with Gasteiger partial charge in [-0.05, 0) is 117 Å². The summed E-state index contributed by atoms with van der Waals surface area (Å²) < 4.78 is 10.9. The van der Waals surface area contributed by atoms with E-state index in [0.717, 1.165) is 38.5 Å². The summed E-state index contributed by atoms with van der Waals surface area (Å²) >= 11 is 0. The maximum absolute atomic E-state index is 12.1. The summed E-state index contributed by atoms with van der Waals surface area (Å²) in [7, 11) is 0. The molecule has 0 saturated heterocycles. The molecule has 0 aliphatic heterocycles. The number of hydrogen-bond acceptors (Lipinski definition) is 4. The Balaban J connectivity index is 1.42. The standard InChI is InChI=1S/C37H42O4/c1-25(2)35(38)40-31-20-13-27(14-21-31)11-16-29-18-19-30(34-10-8-7-9-33(29)34)17-12-28-15-22-32(24-37(5,6)23-28)41-36(39)26(3)4/h13-15,18-24H,1,3,7-12,16-17H2,2,4-6H3. The smallest absolute Gasteiger partial charge is 0.338 e. The molecule has 214 valence electrons. The number of aryl methyl sites for hydroxylation is 3. The monoisotopic (exact) mass is 550 g/mol. The van der Waals surface area contributed by atoms with Gasteiger partial charge in [0.05, 0.1) is 0 Å². The van der Waals surface area contributed by atoms with E-state index in [4.69, 9.17) is 9.47 Å². The van der Waals surface area contributed by atoms with Crippen LogP contribution in [0.2, 0.25) is 0 Å². The largest absolute Gasteiger partial charge is 0.424 e. The van der Waals surface area contributed by atoms with Crippen molar-refractivity contribution in [3.05, 3.63) is 124 Å². The Labute approximate surface area is 245 Å². The Morgan fingerprint density at radius 3 is 1.88 bits per heavy atom. The molecule has 0 heterocycles. The first kappa shape index (κ1) is 30.0. The van der Waals surface area contributed by atoms with Crippen molar-refractivity contribution in [1.29, 1.82) is 0 Å². The van der Waals surface area contributed by atoms with Crippen LogP contribution < -0.4 is 4.74 Å². The minimum Gasteiger partial charge on any atom is -0.424 e. The summed E-state index contributed by atoms with van der Waals surface area (Å²) in [6.45, 7) is 14.9. The Morgan fingerprint density at radius 2 is 1.29 bits per heavy atom. The lowest BCUT2D eigenvalue weighted by atomic mass is 9.82. The molecule has 4 heteroatoms. The van der Waals surface area contributed by atoms with Crippen molar-refractivity contribution in [3.63, 3.8) is 0 Å². The molecule has 2 aliphatic rings. The van der Waals surface area contributed by atoms with Gasteiger partial charge in [-0.2, -0.15) is 0 Å². The van der Waals surface area contributed by atoms with Gasteiger partial charge < -0.3 is 9.47 Å². The van der Waals surface area contributed by atoms with Crippen LogP contribution in [0.15, 0.2) is 96.3 Å². The number of carbonyl (C=O) groups is 2. The predicted octanol–water partition coefficient (Wildman–Crippen LogP) is 8.29. The molecule has 0 fully saturated rings. The summed E-state index contributed by atoms with van der Waals surface area (Å²) in [5, 5.41) is 0. The molecule has 0 bridgehead atoms. The summed E-state index contributed by atoms with van der Waals surface area (Å²) in [5.41, 5.74) is 9.02. The van der Waals surface area contributed by atoms with Crippen molar-refractivity contribution < 1.29 is 19.1 Å². The number of benzene rings is 2. The van der Waals surface area contributed by atoms with Gasteiger partial charge in [-0.15, -0.1) is 0 Å². The lowest BCUT2D eigenvalue weighted by molar-refractivity contribution is -0.134. The maximum atomic E-state index is 12.1. The van der Waals surface area contributed by atoms with Gasteiger partial charge in [-0.1, -0.05) is 69.0 Å². The second kappa shape index (κ2) is 13.2. The average Bonchev–Trinajstić information content (AvgIpc) is 3.08. The highest BCUT2D eigenvalue weighted by molar-refractivity contribution is 5.89. The molecule has 0 N–H and O–H groups in total.